The number of pyridine rings is 2. The molecule has 2 N–H and O–H groups in total. The summed E-state index contributed by atoms with van der Waals surface area (Å²) in [6, 6.07) is 8.44. The number of halogens is 1. The number of aromatic hydroxyl groups is 1. The first-order valence-electron chi connectivity index (χ1n) is 8.26. The topological polar surface area (TPSA) is 106 Å². The van der Waals surface area contributed by atoms with Crippen molar-refractivity contribution >= 4 is 44.2 Å². The van der Waals surface area contributed by atoms with E-state index in [2.05, 4.69) is 20.3 Å². The van der Waals surface area contributed by atoms with Gasteiger partial charge in [0.05, 0.1) is 28.5 Å². The van der Waals surface area contributed by atoms with Crippen molar-refractivity contribution in [2.75, 3.05) is 12.4 Å². The van der Waals surface area contributed by atoms with E-state index in [9.17, 15) is 9.90 Å². The van der Waals surface area contributed by atoms with Gasteiger partial charge in [0.1, 0.15) is 11.5 Å². The Morgan fingerprint density at radius 3 is 2.86 bits per heavy atom. The molecule has 4 aromatic rings. The molecule has 0 atom stereocenters. The Morgan fingerprint density at radius 2 is 2.07 bits per heavy atom. The van der Waals surface area contributed by atoms with Gasteiger partial charge in [0.25, 0.3) is 5.91 Å². The summed E-state index contributed by atoms with van der Waals surface area (Å²) >= 11 is 7.18. The van der Waals surface area contributed by atoms with E-state index in [1.54, 1.807) is 30.5 Å². The molecule has 0 spiro atoms. The van der Waals surface area contributed by atoms with Crippen LogP contribution in [0.1, 0.15) is 10.5 Å². The van der Waals surface area contributed by atoms with Gasteiger partial charge in [-0.3, -0.25) is 15.1 Å². The maximum atomic E-state index is 12.5. The smallest absolute Gasteiger partial charge is 0.280 e. The first-order valence-corrected chi connectivity index (χ1v) is 9.45. The van der Waals surface area contributed by atoms with Crippen molar-refractivity contribution in [3.63, 3.8) is 0 Å². The van der Waals surface area contributed by atoms with Crippen molar-refractivity contribution in [1.29, 1.82) is 0 Å². The van der Waals surface area contributed by atoms with Crippen LogP contribution in [0.2, 0.25) is 5.02 Å². The van der Waals surface area contributed by atoms with Crippen LogP contribution in [0.25, 0.3) is 10.2 Å². The minimum atomic E-state index is -0.595. The Bertz CT molecular complexity index is 1210. The summed E-state index contributed by atoms with van der Waals surface area (Å²) in [6.45, 7) is 0. The predicted molar refractivity (Wildman–Crippen MR) is 109 cm³/mol. The molecule has 0 radical (unpaired) electrons. The summed E-state index contributed by atoms with van der Waals surface area (Å²) in [5.74, 6) is 0.317. The van der Waals surface area contributed by atoms with Crippen LogP contribution in [0.4, 0.5) is 5.13 Å². The Hall–Kier alpha value is -3.43. The molecular weight excluding hydrogens is 416 g/mol. The number of ether oxygens (including phenoxy) is 2. The molecule has 146 valence electrons. The molecule has 10 heteroatoms. The molecule has 0 aliphatic heterocycles. The Morgan fingerprint density at radius 1 is 1.21 bits per heavy atom. The molecular formula is C19H13ClN4O4S. The summed E-state index contributed by atoms with van der Waals surface area (Å²) in [4.78, 5) is 24.7. The van der Waals surface area contributed by atoms with Gasteiger partial charge in [0, 0.05) is 30.6 Å². The van der Waals surface area contributed by atoms with Crippen LogP contribution in [-0.4, -0.2) is 33.1 Å². The normalized spacial score (nSPS) is 10.7. The van der Waals surface area contributed by atoms with Crippen LogP contribution < -0.4 is 14.8 Å². The lowest BCUT2D eigenvalue weighted by Gasteiger charge is -2.06. The zero-order valence-electron chi connectivity index (χ0n) is 14.9. The number of hydrogen-bond donors (Lipinski definition) is 2. The van der Waals surface area contributed by atoms with E-state index in [1.165, 1.54) is 36.9 Å². The number of benzene rings is 1. The average molecular weight is 429 g/mol. The van der Waals surface area contributed by atoms with Gasteiger partial charge in [0.2, 0.25) is 0 Å². The minimum Gasteiger partial charge on any atom is -0.503 e. The SMILES string of the molecule is COc1ccnc(C(=O)Nc2nc3ccc(Oc4cncc(Cl)c4)cc3s2)c1O. The second-order valence-electron chi connectivity index (χ2n) is 5.75. The lowest BCUT2D eigenvalue weighted by atomic mass is 10.3. The maximum absolute atomic E-state index is 12.5. The second kappa shape index (κ2) is 7.90. The van der Waals surface area contributed by atoms with Crippen molar-refractivity contribution in [2.45, 2.75) is 0 Å². The number of hydrogen-bond acceptors (Lipinski definition) is 8. The van der Waals surface area contributed by atoms with Crippen molar-refractivity contribution in [3.05, 3.63) is 59.6 Å². The van der Waals surface area contributed by atoms with E-state index in [1.807, 2.05) is 0 Å². The van der Waals surface area contributed by atoms with Gasteiger partial charge in [-0.15, -0.1) is 0 Å². The fourth-order valence-corrected chi connectivity index (χ4v) is 3.58. The highest BCUT2D eigenvalue weighted by atomic mass is 35.5. The maximum Gasteiger partial charge on any atom is 0.280 e. The van der Waals surface area contributed by atoms with Gasteiger partial charge < -0.3 is 14.6 Å². The van der Waals surface area contributed by atoms with Gasteiger partial charge in [-0.2, -0.15) is 0 Å². The average Bonchev–Trinajstić information content (AvgIpc) is 3.09. The fraction of sp³-hybridized carbons (Fsp3) is 0.0526. The predicted octanol–water partition coefficient (Wildman–Crippen LogP) is 4.50. The summed E-state index contributed by atoms with van der Waals surface area (Å²) in [5.41, 5.74) is 0.533. The van der Waals surface area contributed by atoms with Crippen LogP contribution >= 0.6 is 22.9 Å². The number of fused-ring (bicyclic) bond motifs is 1. The zero-order chi connectivity index (χ0) is 20.4. The highest BCUT2D eigenvalue weighted by Crippen LogP contribution is 2.33. The summed E-state index contributed by atoms with van der Waals surface area (Å²) in [7, 11) is 1.39. The Kier molecular flexibility index (Phi) is 5.15. The van der Waals surface area contributed by atoms with Crippen molar-refractivity contribution < 1.29 is 19.4 Å². The summed E-state index contributed by atoms with van der Waals surface area (Å²) < 4.78 is 11.6. The molecule has 1 amide bonds. The third-order valence-electron chi connectivity index (χ3n) is 3.82. The molecule has 1 aromatic carbocycles. The third-order valence-corrected chi connectivity index (χ3v) is 4.96. The lowest BCUT2D eigenvalue weighted by molar-refractivity contribution is 0.101. The monoisotopic (exact) mass is 428 g/mol. The molecule has 0 fully saturated rings. The molecule has 3 heterocycles. The molecule has 0 saturated heterocycles. The Labute approximate surface area is 173 Å². The van der Waals surface area contributed by atoms with Crippen LogP contribution in [0.5, 0.6) is 23.0 Å². The minimum absolute atomic E-state index is 0.152. The van der Waals surface area contributed by atoms with Gasteiger partial charge in [0.15, 0.2) is 22.3 Å². The van der Waals surface area contributed by atoms with Crippen molar-refractivity contribution in [1.82, 2.24) is 15.0 Å². The first-order chi connectivity index (χ1) is 14.0. The molecule has 4 rings (SSSR count). The second-order valence-corrected chi connectivity index (χ2v) is 7.22. The van der Waals surface area contributed by atoms with E-state index in [4.69, 9.17) is 21.1 Å². The number of carbonyl (C=O) groups is 1. The lowest BCUT2D eigenvalue weighted by Crippen LogP contribution is -2.13. The number of aromatic nitrogens is 3. The van der Waals surface area contributed by atoms with Crippen molar-refractivity contribution in [2.24, 2.45) is 0 Å². The summed E-state index contributed by atoms with van der Waals surface area (Å²) in [6.07, 6.45) is 4.45. The largest absolute Gasteiger partial charge is 0.503 e. The first kappa shape index (κ1) is 18.9. The van der Waals surface area contributed by atoms with E-state index in [0.717, 1.165) is 4.70 Å². The molecule has 0 aliphatic rings. The number of carbonyl (C=O) groups excluding carboxylic acids is 1. The van der Waals surface area contributed by atoms with E-state index >= 15 is 0 Å². The van der Waals surface area contributed by atoms with E-state index in [0.29, 0.717) is 27.2 Å². The number of nitrogens with one attached hydrogen (secondary N) is 1. The number of thiazole rings is 1. The molecule has 0 unspecified atom stereocenters. The number of nitrogens with zero attached hydrogens (tertiary/aromatic N) is 3. The van der Waals surface area contributed by atoms with Crippen LogP contribution in [0.3, 0.4) is 0 Å². The van der Waals surface area contributed by atoms with Crippen molar-refractivity contribution in [3.8, 4) is 23.0 Å². The van der Waals surface area contributed by atoms with Crippen LogP contribution in [0.15, 0.2) is 48.9 Å². The highest BCUT2D eigenvalue weighted by molar-refractivity contribution is 7.22. The zero-order valence-corrected chi connectivity index (χ0v) is 16.5. The quantitative estimate of drug-likeness (QED) is 0.482. The molecule has 0 aliphatic carbocycles. The van der Waals surface area contributed by atoms with Gasteiger partial charge in [-0.1, -0.05) is 22.9 Å². The summed E-state index contributed by atoms with van der Waals surface area (Å²) in [5, 5.41) is 13.5. The fourth-order valence-electron chi connectivity index (χ4n) is 2.53. The standard InChI is InChI=1S/C19H13ClN4O4S/c1-27-14-4-5-22-16(17(14)25)18(26)24-19-23-13-3-2-11(7-15(13)29-19)28-12-6-10(20)8-21-9-12/h2-9,25H,1H3,(H,23,24,26). The number of rotatable bonds is 5. The highest BCUT2D eigenvalue weighted by Gasteiger charge is 2.18. The third kappa shape index (κ3) is 4.05. The van der Waals surface area contributed by atoms with Gasteiger partial charge >= 0.3 is 0 Å². The molecule has 29 heavy (non-hydrogen) atoms. The van der Waals surface area contributed by atoms with Crippen LogP contribution in [0, 0.1) is 0 Å². The number of amides is 1. The molecule has 0 saturated carbocycles. The molecule has 3 aromatic heterocycles. The number of anilines is 1. The van der Waals surface area contributed by atoms with Gasteiger partial charge in [-0.25, -0.2) is 9.97 Å². The molecule has 8 nitrogen and oxygen atoms in total. The van der Waals surface area contributed by atoms with E-state index in [-0.39, 0.29) is 17.2 Å². The van der Waals surface area contributed by atoms with Gasteiger partial charge in [-0.05, 0) is 12.1 Å². The Balaban J connectivity index is 1.55. The molecule has 0 bridgehead atoms. The van der Waals surface area contributed by atoms with Crippen LogP contribution in [-0.2, 0) is 0 Å². The van der Waals surface area contributed by atoms with E-state index < -0.39 is 5.91 Å². The number of methoxy groups -OCH3 is 1.